The van der Waals surface area contributed by atoms with Crippen LogP contribution in [-0.2, 0) is 24.3 Å². The molecule has 10 heteroatoms. The second-order valence-corrected chi connectivity index (χ2v) is 12.3. The van der Waals surface area contributed by atoms with Crippen LogP contribution in [0.15, 0.2) is 53.4 Å². The molecule has 0 saturated carbocycles. The molecule has 2 aliphatic rings. The molecule has 1 amide bonds. The minimum absolute atomic E-state index is 0.158. The summed E-state index contributed by atoms with van der Waals surface area (Å²) in [6.45, 7) is 7.71. The van der Waals surface area contributed by atoms with Gasteiger partial charge in [-0.05, 0) is 80.4 Å². The minimum Gasteiger partial charge on any atom is -0.462 e. The number of sulfonamides is 1. The minimum atomic E-state index is -3.72. The molecule has 1 fully saturated rings. The fraction of sp³-hybridized carbons (Fsp3) is 0.355. The molecule has 1 aromatic heterocycles. The third-order valence-electron chi connectivity index (χ3n) is 7.62. The third kappa shape index (κ3) is 5.47. The van der Waals surface area contributed by atoms with Crippen molar-refractivity contribution in [2.24, 2.45) is 0 Å². The van der Waals surface area contributed by atoms with Crippen molar-refractivity contribution in [2.75, 3.05) is 44.9 Å². The number of carbonyl (C=O) groups excluding carboxylic acids is 2. The van der Waals surface area contributed by atoms with E-state index in [2.05, 4.69) is 4.57 Å². The summed E-state index contributed by atoms with van der Waals surface area (Å²) >= 11 is 0. The van der Waals surface area contributed by atoms with Crippen molar-refractivity contribution < 1.29 is 27.5 Å². The van der Waals surface area contributed by atoms with E-state index in [9.17, 15) is 18.0 Å². The van der Waals surface area contributed by atoms with Crippen molar-refractivity contribution in [3.63, 3.8) is 0 Å². The summed E-state index contributed by atoms with van der Waals surface area (Å²) in [5.74, 6) is -0.537. The van der Waals surface area contributed by atoms with E-state index in [-0.39, 0.29) is 16.8 Å². The maximum atomic E-state index is 13.3. The number of ether oxygens (including phenoxy) is 2. The number of hydrogen-bond donors (Lipinski definition) is 0. The van der Waals surface area contributed by atoms with E-state index in [1.807, 2.05) is 45.0 Å². The van der Waals surface area contributed by atoms with E-state index >= 15 is 0 Å². The fourth-order valence-corrected chi connectivity index (χ4v) is 6.73. The number of aryl methyl sites for hydroxylation is 1. The van der Waals surface area contributed by atoms with Crippen LogP contribution in [0.25, 0.3) is 17.3 Å². The van der Waals surface area contributed by atoms with Crippen LogP contribution in [0.2, 0.25) is 0 Å². The van der Waals surface area contributed by atoms with E-state index in [0.29, 0.717) is 55.3 Å². The first-order valence-electron chi connectivity index (χ1n) is 13.8. The van der Waals surface area contributed by atoms with Gasteiger partial charge in [-0.3, -0.25) is 4.79 Å². The first kappa shape index (κ1) is 28.8. The average molecular weight is 578 g/mol. The molecular formula is C31H35N3O6S. The lowest BCUT2D eigenvalue weighted by molar-refractivity contribution is -0.112. The van der Waals surface area contributed by atoms with Gasteiger partial charge < -0.3 is 18.9 Å². The summed E-state index contributed by atoms with van der Waals surface area (Å²) in [5, 5.41) is 0. The number of rotatable bonds is 8. The van der Waals surface area contributed by atoms with Crippen molar-refractivity contribution in [3.05, 3.63) is 76.6 Å². The number of unbranched alkanes of at least 4 members (excludes halogenated alkanes) is 1. The Morgan fingerprint density at radius 2 is 1.76 bits per heavy atom. The topological polar surface area (TPSA) is 98.2 Å². The second kappa shape index (κ2) is 11.6. The highest BCUT2D eigenvalue weighted by atomic mass is 32.2. The third-order valence-corrected chi connectivity index (χ3v) is 9.52. The van der Waals surface area contributed by atoms with Gasteiger partial charge >= 0.3 is 5.97 Å². The Labute approximate surface area is 241 Å². The van der Waals surface area contributed by atoms with Crippen LogP contribution < -0.4 is 4.90 Å². The summed E-state index contributed by atoms with van der Waals surface area (Å²) in [4.78, 5) is 27.3. The van der Waals surface area contributed by atoms with Gasteiger partial charge in [0.2, 0.25) is 10.0 Å². The van der Waals surface area contributed by atoms with Crippen LogP contribution in [0.1, 0.15) is 52.6 Å². The molecule has 0 spiro atoms. The monoisotopic (exact) mass is 577 g/mol. The Balaban J connectivity index is 1.47. The molecule has 0 bridgehead atoms. The molecule has 5 rings (SSSR count). The molecule has 0 N–H and O–H groups in total. The molecule has 2 aromatic carbocycles. The fourth-order valence-electron chi connectivity index (χ4n) is 5.29. The SMILES string of the molecule is CCCCOC(=O)c1ccc(-n2c(C)cc(/C=C3\C(=O)N(C)c4ccc(S(=O)(=O)N5CCOCC5)cc43)c2C)cc1. The number of fused-ring (bicyclic) bond motifs is 1. The maximum absolute atomic E-state index is 13.3. The Bertz CT molecular complexity index is 1620. The van der Waals surface area contributed by atoms with Gasteiger partial charge in [0, 0.05) is 48.3 Å². The van der Waals surface area contributed by atoms with Crippen molar-refractivity contribution >= 4 is 39.2 Å². The lowest BCUT2D eigenvalue weighted by atomic mass is 10.0. The van der Waals surface area contributed by atoms with E-state index in [4.69, 9.17) is 9.47 Å². The Kier molecular flexibility index (Phi) is 8.17. The van der Waals surface area contributed by atoms with Crippen LogP contribution in [0.5, 0.6) is 0 Å². The number of esters is 1. The zero-order valence-electron chi connectivity index (χ0n) is 23.8. The smallest absolute Gasteiger partial charge is 0.338 e. The van der Waals surface area contributed by atoms with Crippen LogP contribution in [0.4, 0.5) is 5.69 Å². The molecule has 0 atom stereocenters. The first-order valence-corrected chi connectivity index (χ1v) is 15.3. The van der Waals surface area contributed by atoms with Crippen molar-refractivity contribution in [2.45, 2.75) is 38.5 Å². The van der Waals surface area contributed by atoms with Crippen molar-refractivity contribution in [3.8, 4) is 5.69 Å². The second-order valence-electron chi connectivity index (χ2n) is 10.3. The summed E-state index contributed by atoms with van der Waals surface area (Å²) in [5.41, 5.74) is 5.77. The molecular weight excluding hydrogens is 542 g/mol. The van der Waals surface area contributed by atoms with Crippen LogP contribution in [0.3, 0.4) is 0 Å². The van der Waals surface area contributed by atoms with E-state index < -0.39 is 10.0 Å². The summed E-state index contributed by atoms with van der Waals surface area (Å²) in [7, 11) is -2.03. The van der Waals surface area contributed by atoms with Gasteiger partial charge in [0.05, 0.1) is 36.0 Å². The molecule has 3 aromatic rings. The normalized spacial score (nSPS) is 16.8. The molecule has 41 heavy (non-hydrogen) atoms. The lowest BCUT2D eigenvalue weighted by Crippen LogP contribution is -2.40. The number of amides is 1. The number of hydrogen-bond acceptors (Lipinski definition) is 6. The Morgan fingerprint density at radius 3 is 2.44 bits per heavy atom. The van der Waals surface area contributed by atoms with Crippen LogP contribution in [0, 0.1) is 13.8 Å². The summed E-state index contributed by atoms with van der Waals surface area (Å²) < 4.78 is 40.8. The van der Waals surface area contributed by atoms with Gasteiger partial charge in [0.25, 0.3) is 5.91 Å². The standard InChI is InChI=1S/C31H35N3O6S/c1-5-6-15-40-31(36)23-7-9-25(10-8-23)34-21(2)18-24(22(34)3)19-28-27-20-26(11-12-29(27)32(4)30(28)35)41(37,38)33-13-16-39-17-14-33/h7-12,18-20H,5-6,13-17H2,1-4H3/b28-19-. The predicted octanol–water partition coefficient (Wildman–Crippen LogP) is 4.59. The predicted molar refractivity (Wildman–Crippen MR) is 158 cm³/mol. The van der Waals surface area contributed by atoms with Crippen LogP contribution in [-0.4, -0.2) is 69.1 Å². The Morgan fingerprint density at radius 1 is 1.05 bits per heavy atom. The van der Waals surface area contributed by atoms with Gasteiger partial charge in [0.15, 0.2) is 0 Å². The highest BCUT2D eigenvalue weighted by Crippen LogP contribution is 2.39. The summed E-state index contributed by atoms with van der Waals surface area (Å²) in [6, 6.07) is 14.1. The molecule has 0 unspecified atom stereocenters. The van der Waals surface area contributed by atoms with Gasteiger partial charge in [-0.1, -0.05) is 13.3 Å². The highest BCUT2D eigenvalue weighted by Gasteiger charge is 2.33. The molecule has 2 aliphatic heterocycles. The van der Waals surface area contributed by atoms with Crippen LogP contribution >= 0.6 is 0 Å². The summed E-state index contributed by atoms with van der Waals surface area (Å²) in [6.07, 6.45) is 3.62. The number of nitrogens with zero attached hydrogens (tertiary/aromatic N) is 3. The largest absolute Gasteiger partial charge is 0.462 e. The van der Waals surface area contributed by atoms with Crippen molar-refractivity contribution in [1.82, 2.24) is 8.87 Å². The molecule has 216 valence electrons. The molecule has 0 aliphatic carbocycles. The molecule has 0 radical (unpaired) electrons. The first-order chi connectivity index (χ1) is 19.6. The van der Waals surface area contributed by atoms with Gasteiger partial charge in [-0.15, -0.1) is 0 Å². The maximum Gasteiger partial charge on any atom is 0.338 e. The van der Waals surface area contributed by atoms with E-state index in [0.717, 1.165) is 35.5 Å². The lowest BCUT2D eigenvalue weighted by Gasteiger charge is -2.26. The Hall–Kier alpha value is -3.73. The number of benzene rings is 2. The highest BCUT2D eigenvalue weighted by molar-refractivity contribution is 7.89. The van der Waals surface area contributed by atoms with Gasteiger partial charge in [-0.2, -0.15) is 4.31 Å². The van der Waals surface area contributed by atoms with Gasteiger partial charge in [0.1, 0.15) is 0 Å². The van der Waals surface area contributed by atoms with E-state index in [1.54, 1.807) is 42.3 Å². The molecule has 3 heterocycles. The zero-order valence-corrected chi connectivity index (χ0v) is 24.7. The number of aromatic nitrogens is 1. The van der Waals surface area contributed by atoms with Crippen molar-refractivity contribution in [1.29, 1.82) is 0 Å². The van der Waals surface area contributed by atoms with E-state index in [1.165, 1.54) is 4.31 Å². The van der Waals surface area contributed by atoms with Gasteiger partial charge in [-0.25, -0.2) is 13.2 Å². The number of anilines is 1. The molecule has 1 saturated heterocycles. The zero-order chi connectivity index (χ0) is 29.3. The molecule has 9 nitrogen and oxygen atoms in total. The number of likely N-dealkylation sites (N-methyl/N-ethyl adjacent to an activating group) is 1. The average Bonchev–Trinajstić information content (AvgIpc) is 3.39. The number of carbonyl (C=O) groups is 2. The quantitative estimate of drug-likeness (QED) is 0.221. The number of morpholine rings is 1.